The Bertz CT molecular complexity index is 308. The highest BCUT2D eigenvalue weighted by Gasteiger charge is 2.27. The SMILES string of the molecule is CC(C)(CC(N)=O)NC(=O)[C@@H]1CC=CCC1. The first-order valence-corrected chi connectivity index (χ1v) is 5.66. The second-order valence-electron chi connectivity index (χ2n) is 5.00. The number of nitrogens with one attached hydrogen (secondary N) is 1. The normalized spacial score (nSPS) is 20.5. The minimum absolute atomic E-state index is 0.0237. The molecule has 0 aromatic heterocycles. The molecule has 0 aromatic carbocycles. The van der Waals surface area contributed by atoms with Gasteiger partial charge in [-0.25, -0.2) is 0 Å². The summed E-state index contributed by atoms with van der Waals surface area (Å²) >= 11 is 0. The molecule has 0 bridgehead atoms. The number of rotatable bonds is 4. The lowest BCUT2D eigenvalue weighted by Gasteiger charge is -2.28. The number of hydrogen-bond acceptors (Lipinski definition) is 2. The van der Waals surface area contributed by atoms with Gasteiger partial charge in [0.05, 0.1) is 0 Å². The third kappa shape index (κ3) is 4.04. The smallest absolute Gasteiger partial charge is 0.223 e. The molecule has 1 rings (SSSR count). The Morgan fingerprint density at radius 2 is 2.12 bits per heavy atom. The van der Waals surface area contributed by atoms with E-state index in [0.29, 0.717) is 0 Å². The summed E-state index contributed by atoms with van der Waals surface area (Å²) in [5.74, 6) is -0.332. The highest BCUT2D eigenvalue weighted by molar-refractivity contribution is 5.81. The van der Waals surface area contributed by atoms with Crippen molar-refractivity contribution in [1.82, 2.24) is 5.32 Å². The van der Waals surface area contributed by atoms with Gasteiger partial charge in [0, 0.05) is 17.9 Å². The quantitative estimate of drug-likeness (QED) is 0.702. The first kappa shape index (κ1) is 12.7. The summed E-state index contributed by atoms with van der Waals surface area (Å²) in [7, 11) is 0. The van der Waals surface area contributed by atoms with Crippen molar-refractivity contribution in [2.24, 2.45) is 11.7 Å². The first-order chi connectivity index (χ1) is 7.41. The number of nitrogens with two attached hydrogens (primary N) is 1. The number of primary amides is 1. The molecule has 0 unspecified atom stereocenters. The molecular weight excluding hydrogens is 204 g/mol. The maximum Gasteiger partial charge on any atom is 0.223 e. The lowest BCUT2D eigenvalue weighted by Crippen LogP contribution is -2.48. The largest absolute Gasteiger partial charge is 0.370 e. The zero-order valence-electron chi connectivity index (χ0n) is 9.95. The minimum Gasteiger partial charge on any atom is -0.370 e. The third-order valence-corrected chi connectivity index (χ3v) is 2.72. The molecule has 3 N–H and O–H groups in total. The third-order valence-electron chi connectivity index (χ3n) is 2.72. The second kappa shape index (κ2) is 5.14. The molecule has 0 spiro atoms. The van der Waals surface area contributed by atoms with Gasteiger partial charge in [-0.1, -0.05) is 12.2 Å². The van der Waals surface area contributed by atoms with E-state index in [1.54, 1.807) is 0 Å². The fraction of sp³-hybridized carbons (Fsp3) is 0.667. The molecule has 16 heavy (non-hydrogen) atoms. The van der Waals surface area contributed by atoms with E-state index in [0.717, 1.165) is 19.3 Å². The Morgan fingerprint density at radius 3 is 2.62 bits per heavy atom. The predicted molar refractivity (Wildman–Crippen MR) is 62.5 cm³/mol. The molecule has 90 valence electrons. The van der Waals surface area contributed by atoms with E-state index < -0.39 is 11.4 Å². The summed E-state index contributed by atoms with van der Waals surface area (Å²) in [6, 6.07) is 0. The molecule has 1 aliphatic carbocycles. The van der Waals surface area contributed by atoms with Gasteiger partial charge in [-0.15, -0.1) is 0 Å². The van der Waals surface area contributed by atoms with Crippen LogP contribution in [0.15, 0.2) is 12.2 Å². The van der Waals surface area contributed by atoms with E-state index in [1.807, 2.05) is 19.9 Å². The van der Waals surface area contributed by atoms with Crippen molar-refractivity contribution in [3.8, 4) is 0 Å². The van der Waals surface area contributed by atoms with Gasteiger partial charge in [-0.2, -0.15) is 0 Å². The second-order valence-corrected chi connectivity index (χ2v) is 5.00. The van der Waals surface area contributed by atoms with Crippen LogP contribution in [-0.2, 0) is 9.59 Å². The van der Waals surface area contributed by atoms with Crippen LogP contribution in [0.4, 0.5) is 0 Å². The highest BCUT2D eigenvalue weighted by atomic mass is 16.2. The van der Waals surface area contributed by atoms with Gasteiger partial charge in [-0.3, -0.25) is 9.59 Å². The van der Waals surface area contributed by atoms with Crippen molar-refractivity contribution >= 4 is 11.8 Å². The maximum absolute atomic E-state index is 11.9. The molecule has 4 heteroatoms. The van der Waals surface area contributed by atoms with Crippen molar-refractivity contribution in [2.75, 3.05) is 0 Å². The van der Waals surface area contributed by atoms with Crippen molar-refractivity contribution in [3.05, 3.63) is 12.2 Å². The van der Waals surface area contributed by atoms with Gasteiger partial charge >= 0.3 is 0 Å². The lowest BCUT2D eigenvalue weighted by atomic mass is 9.91. The Hall–Kier alpha value is -1.32. The minimum atomic E-state index is -0.552. The maximum atomic E-state index is 11.9. The Kier molecular flexibility index (Phi) is 4.10. The van der Waals surface area contributed by atoms with E-state index in [-0.39, 0.29) is 18.2 Å². The number of carbonyl (C=O) groups is 2. The van der Waals surface area contributed by atoms with Gasteiger partial charge in [0.15, 0.2) is 0 Å². The fourth-order valence-corrected chi connectivity index (χ4v) is 1.95. The molecule has 2 amide bonds. The Labute approximate surface area is 96.3 Å². The van der Waals surface area contributed by atoms with E-state index in [2.05, 4.69) is 11.4 Å². The molecule has 0 saturated heterocycles. The summed E-state index contributed by atoms with van der Waals surface area (Å²) in [5.41, 5.74) is 4.58. The van der Waals surface area contributed by atoms with Crippen LogP contribution in [0, 0.1) is 5.92 Å². The highest BCUT2D eigenvalue weighted by Crippen LogP contribution is 2.19. The number of amides is 2. The first-order valence-electron chi connectivity index (χ1n) is 5.66. The molecule has 4 nitrogen and oxygen atoms in total. The topological polar surface area (TPSA) is 72.2 Å². The standard InChI is InChI=1S/C12H20N2O2/c1-12(2,8-10(13)15)14-11(16)9-6-4-3-5-7-9/h3-4,9H,5-8H2,1-2H3,(H2,13,15)(H,14,16)/t9-/m1/s1. The monoisotopic (exact) mass is 224 g/mol. The fourth-order valence-electron chi connectivity index (χ4n) is 1.95. The van der Waals surface area contributed by atoms with Crippen LogP contribution in [0.3, 0.4) is 0 Å². The van der Waals surface area contributed by atoms with Gasteiger partial charge in [0.25, 0.3) is 0 Å². The van der Waals surface area contributed by atoms with Crippen LogP contribution in [0.1, 0.15) is 39.5 Å². The molecule has 0 radical (unpaired) electrons. The summed E-state index contributed by atoms with van der Waals surface area (Å²) in [4.78, 5) is 22.7. The van der Waals surface area contributed by atoms with Gasteiger partial charge in [0.1, 0.15) is 0 Å². The van der Waals surface area contributed by atoms with Crippen LogP contribution < -0.4 is 11.1 Å². The molecule has 1 atom stereocenters. The Balaban J connectivity index is 2.49. The zero-order valence-corrected chi connectivity index (χ0v) is 9.95. The molecule has 0 aromatic rings. The summed E-state index contributed by atoms with van der Waals surface area (Å²) in [6.45, 7) is 3.63. The average molecular weight is 224 g/mol. The van der Waals surface area contributed by atoms with E-state index in [9.17, 15) is 9.59 Å². The summed E-state index contributed by atoms with van der Waals surface area (Å²) in [6.07, 6.45) is 6.93. The van der Waals surface area contributed by atoms with E-state index in [4.69, 9.17) is 5.73 Å². The Morgan fingerprint density at radius 1 is 1.44 bits per heavy atom. The van der Waals surface area contributed by atoms with E-state index in [1.165, 1.54) is 0 Å². The molecule has 0 aliphatic heterocycles. The van der Waals surface area contributed by atoms with Crippen LogP contribution in [0.25, 0.3) is 0 Å². The van der Waals surface area contributed by atoms with Crippen LogP contribution in [0.5, 0.6) is 0 Å². The number of hydrogen-bond donors (Lipinski definition) is 2. The van der Waals surface area contributed by atoms with Gasteiger partial charge in [0.2, 0.25) is 11.8 Å². The van der Waals surface area contributed by atoms with Crippen molar-refractivity contribution in [1.29, 1.82) is 0 Å². The molecule has 0 heterocycles. The molecular formula is C12H20N2O2. The number of carbonyl (C=O) groups excluding carboxylic acids is 2. The van der Waals surface area contributed by atoms with Gasteiger partial charge < -0.3 is 11.1 Å². The van der Waals surface area contributed by atoms with Crippen molar-refractivity contribution in [3.63, 3.8) is 0 Å². The van der Waals surface area contributed by atoms with Crippen LogP contribution >= 0.6 is 0 Å². The average Bonchev–Trinajstić information content (AvgIpc) is 2.16. The molecule has 0 saturated carbocycles. The summed E-state index contributed by atoms with van der Waals surface area (Å²) in [5, 5.41) is 2.88. The zero-order chi connectivity index (χ0) is 12.2. The van der Waals surface area contributed by atoms with E-state index >= 15 is 0 Å². The molecule has 1 aliphatic rings. The van der Waals surface area contributed by atoms with Gasteiger partial charge in [-0.05, 0) is 33.1 Å². The summed E-state index contributed by atoms with van der Waals surface area (Å²) < 4.78 is 0. The van der Waals surface area contributed by atoms with Crippen molar-refractivity contribution in [2.45, 2.75) is 45.1 Å². The lowest BCUT2D eigenvalue weighted by molar-refractivity contribution is -0.127. The number of allylic oxidation sites excluding steroid dienone is 2. The molecule has 0 fully saturated rings. The van der Waals surface area contributed by atoms with Crippen molar-refractivity contribution < 1.29 is 9.59 Å². The van der Waals surface area contributed by atoms with Crippen LogP contribution in [0.2, 0.25) is 0 Å². The predicted octanol–water partition coefficient (Wildman–Crippen LogP) is 1.11. The van der Waals surface area contributed by atoms with Crippen LogP contribution in [-0.4, -0.2) is 17.4 Å².